The normalized spacial score (nSPS) is 9.40. The van der Waals surface area contributed by atoms with E-state index in [1.807, 2.05) is 0 Å². The zero-order valence-electron chi connectivity index (χ0n) is 10.6. The second-order valence-electron chi connectivity index (χ2n) is 3.80. The summed E-state index contributed by atoms with van der Waals surface area (Å²) in [5.74, 6) is -1.68. The van der Waals surface area contributed by atoms with Gasteiger partial charge in [0.2, 0.25) is 0 Å². The molecule has 96 valence electrons. The summed E-state index contributed by atoms with van der Waals surface area (Å²) >= 11 is 0. The molecular weight excluding hydrogens is 312 g/mol. The van der Waals surface area contributed by atoms with Gasteiger partial charge < -0.3 is 15.5 Å². The van der Waals surface area contributed by atoms with E-state index in [4.69, 9.17) is 10.2 Å². The molecule has 2 rings (SSSR count). The molecule has 2 aromatic carbocycles. The first-order chi connectivity index (χ1) is 9.09. The zero-order valence-corrected chi connectivity index (χ0v) is 13.6. The number of benzene rings is 2. The van der Waals surface area contributed by atoms with Gasteiger partial charge in [-0.05, 0) is 12.1 Å². The molecule has 0 aliphatic heterocycles. The largest absolute Gasteiger partial charge is 2.00 e. The van der Waals surface area contributed by atoms with Gasteiger partial charge >= 0.3 is 31.4 Å². The Hall–Kier alpha value is -2.20. The van der Waals surface area contributed by atoms with E-state index in [2.05, 4.69) is 5.32 Å². The van der Waals surface area contributed by atoms with Crippen molar-refractivity contribution >= 4 is 23.3 Å². The third-order valence-corrected chi connectivity index (χ3v) is 2.54. The van der Waals surface area contributed by atoms with E-state index in [-0.39, 0.29) is 30.6 Å². The predicted molar refractivity (Wildman–Crippen MR) is 71.5 cm³/mol. The molecule has 0 unspecified atom stereocenters. The fourth-order valence-corrected chi connectivity index (χ4v) is 1.66. The summed E-state index contributed by atoms with van der Waals surface area (Å²) in [6, 6.07) is 12.8. The third kappa shape index (κ3) is 3.42. The number of carbonyl (C=O) groups is 2. The van der Waals surface area contributed by atoms with Gasteiger partial charge in [0.15, 0.2) is 0 Å². The summed E-state index contributed by atoms with van der Waals surface area (Å²) in [6.45, 7) is 0. The van der Waals surface area contributed by atoms with E-state index in [1.165, 1.54) is 12.1 Å². The molecule has 0 atom stereocenters. The van der Waals surface area contributed by atoms with Crippen molar-refractivity contribution in [2.45, 2.75) is 0 Å². The van der Waals surface area contributed by atoms with Crippen LogP contribution in [0.4, 0.5) is 11.4 Å². The van der Waals surface area contributed by atoms with Crippen LogP contribution < -0.4 is 0 Å². The number of hydrogen-bond donors (Lipinski definition) is 0. The van der Waals surface area contributed by atoms with Crippen molar-refractivity contribution in [3.8, 4) is 0 Å². The molecule has 2 aromatic rings. The molecule has 0 amide bonds. The molecule has 0 heterocycles. The molecule has 6 heteroatoms. The maximum atomic E-state index is 11.2. The third-order valence-electron chi connectivity index (χ3n) is 2.54. The van der Waals surface area contributed by atoms with E-state index in [1.54, 1.807) is 36.4 Å². The van der Waals surface area contributed by atoms with Crippen LogP contribution in [0, 0.1) is 0 Å². The maximum Gasteiger partial charge on any atom is 2.00 e. The number of rotatable bonds is 4. The monoisotopic (exact) mass is 322 g/mol. The molecule has 4 N–H and O–H groups in total. The van der Waals surface area contributed by atoms with Crippen LogP contribution in [0.2, 0.25) is 0 Å². The standard InChI is InChI=1S/C14H10NO4.Zn/c16-13(17)9-5-1-3-7-11(9)15-12-8-4-2-6-10(12)14(18)19;/h1-8H,(H,16,17)(H,18,19);/q-1;+2/p+2. The van der Waals surface area contributed by atoms with Crippen LogP contribution >= 0.6 is 0 Å². The summed E-state index contributed by atoms with van der Waals surface area (Å²) < 4.78 is 0. The maximum absolute atomic E-state index is 11.2. The summed E-state index contributed by atoms with van der Waals surface area (Å²) in [6.07, 6.45) is 0. The van der Waals surface area contributed by atoms with E-state index in [0.29, 0.717) is 11.4 Å². The molecule has 0 spiro atoms. The van der Waals surface area contributed by atoms with Crippen LogP contribution in [0.5, 0.6) is 0 Å². The number of carbonyl (C=O) groups excluding carboxylic acids is 2. The van der Waals surface area contributed by atoms with Crippen LogP contribution in [0.3, 0.4) is 0 Å². The minimum atomic E-state index is -0.839. The van der Waals surface area contributed by atoms with Gasteiger partial charge in [0.05, 0.1) is 0 Å². The van der Waals surface area contributed by atoms with E-state index >= 15 is 0 Å². The van der Waals surface area contributed by atoms with Gasteiger partial charge in [-0.3, -0.25) is 0 Å². The Balaban J connectivity index is 0.00000200. The molecule has 0 bridgehead atoms. The van der Waals surface area contributed by atoms with Crippen molar-refractivity contribution < 1.29 is 39.3 Å². The average Bonchev–Trinajstić information content (AvgIpc) is 2.39. The van der Waals surface area contributed by atoms with Gasteiger partial charge in [0.25, 0.3) is 0 Å². The van der Waals surface area contributed by atoms with E-state index in [9.17, 15) is 9.59 Å². The molecule has 0 aliphatic carbocycles. The summed E-state index contributed by atoms with van der Waals surface area (Å²) in [4.78, 5) is 22.4. The summed E-state index contributed by atoms with van der Waals surface area (Å²) in [7, 11) is 0. The summed E-state index contributed by atoms with van der Waals surface area (Å²) in [5, 5.41) is 18.5. The topological polar surface area (TPSA) is 94.0 Å². The molecule has 0 radical (unpaired) electrons. The molecular formula is C14H12NO4Zn+3. The fraction of sp³-hybridized carbons (Fsp3) is 0. The second kappa shape index (κ2) is 6.82. The van der Waals surface area contributed by atoms with Crippen LogP contribution in [0.1, 0.15) is 20.7 Å². The van der Waals surface area contributed by atoms with Crippen LogP contribution in [0.15, 0.2) is 48.5 Å². The fourth-order valence-electron chi connectivity index (χ4n) is 1.66. The van der Waals surface area contributed by atoms with Gasteiger partial charge in [-0.15, -0.1) is 11.4 Å². The first-order valence-electron chi connectivity index (χ1n) is 5.51. The second-order valence-corrected chi connectivity index (χ2v) is 3.80. The van der Waals surface area contributed by atoms with Crippen molar-refractivity contribution in [1.29, 1.82) is 0 Å². The molecule has 0 aromatic heterocycles. The predicted octanol–water partition coefficient (Wildman–Crippen LogP) is 1.75. The van der Waals surface area contributed by atoms with Crippen LogP contribution in [0.25, 0.3) is 5.32 Å². The Morgan fingerprint density at radius 1 is 0.750 bits per heavy atom. The smallest absolute Gasteiger partial charge is 0.656 e. The van der Waals surface area contributed by atoms with Crippen molar-refractivity contribution in [1.82, 2.24) is 0 Å². The van der Waals surface area contributed by atoms with Crippen LogP contribution in [-0.2, 0) is 19.5 Å². The minimum Gasteiger partial charge on any atom is -0.656 e. The number of nitrogens with zero attached hydrogens (tertiary/aromatic N) is 1. The van der Waals surface area contributed by atoms with Gasteiger partial charge in [0.1, 0.15) is 11.1 Å². The first kappa shape index (κ1) is 15.9. The van der Waals surface area contributed by atoms with Crippen molar-refractivity contribution in [3.63, 3.8) is 0 Å². The van der Waals surface area contributed by atoms with Gasteiger partial charge in [-0.2, -0.15) is 0 Å². The van der Waals surface area contributed by atoms with Gasteiger partial charge in [-0.1, -0.05) is 36.4 Å². The number of hydrogen-bond acceptors (Lipinski definition) is 2. The van der Waals surface area contributed by atoms with Crippen molar-refractivity contribution in [2.24, 2.45) is 0 Å². The average molecular weight is 324 g/mol. The van der Waals surface area contributed by atoms with E-state index in [0.717, 1.165) is 0 Å². The Labute approximate surface area is 128 Å². The number of para-hydroxylation sites is 2. The Bertz CT molecular complexity index is 587. The molecule has 20 heavy (non-hydrogen) atoms. The summed E-state index contributed by atoms with van der Waals surface area (Å²) in [5.41, 5.74) is 0.955. The molecule has 0 aliphatic rings. The van der Waals surface area contributed by atoms with Crippen molar-refractivity contribution in [2.75, 3.05) is 0 Å². The zero-order chi connectivity index (χ0) is 13.8. The first-order valence-corrected chi connectivity index (χ1v) is 5.51. The Morgan fingerprint density at radius 3 is 1.45 bits per heavy atom. The van der Waals surface area contributed by atoms with Crippen LogP contribution in [-0.4, -0.2) is 22.2 Å². The molecule has 0 fully saturated rings. The van der Waals surface area contributed by atoms with E-state index < -0.39 is 11.9 Å². The van der Waals surface area contributed by atoms with Gasteiger partial charge in [-0.25, -0.2) is 0 Å². The quantitative estimate of drug-likeness (QED) is 0.633. The SMILES string of the molecule is O=C([OH2+])c1ccccc1[N-]c1ccccc1C(=O)[OH2+].[Zn+2]. The molecule has 0 saturated carbocycles. The molecule has 5 nitrogen and oxygen atoms in total. The van der Waals surface area contributed by atoms with Crippen molar-refractivity contribution in [3.05, 3.63) is 65.0 Å². The minimum absolute atomic E-state index is 0. The molecule has 0 saturated heterocycles. The van der Waals surface area contributed by atoms with Gasteiger partial charge in [0, 0.05) is 9.59 Å². The Kier molecular flexibility index (Phi) is 5.41. The Morgan fingerprint density at radius 2 is 1.10 bits per heavy atom.